The molecule has 1 radical (unpaired) electrons. The molecular formula is C8H6NO2. The number of fused-ring (bicyclic) bond motifs is 1. The second-order valence-electron chi connectivity index (χ2n) is 2.16. The molecule has 2 rings (SSSR count). The monoisotopic (exact) mass is 148 g/mol. The van der Waals surface area contributed by atoms with Crippen molar-refractivity contribution in [2.45, 2.75) is 6.61 Å². The highest BCUT2D eigenvalue weighted by molar-refractivity contribution is 5.71. The van der Waals surface area contributed by atoms with E-state index in [1.165, 1.54) is 0 Å². The minimum atomic E-state index is -0.158. The Bertz CT molecular complexity index is 334. The number of benzene rings is 1. The fraction of sp³-hybridized carbons (Fsp3) is 0.125. The van der Waals surface area contributed by atoms with Crippen LogP contribution in [0.3, 0.4) is 0 Å². The van der Waals surface area contributed by atoms with E-state index in [1.54, 1.807) is 18.2 Å². The second kappa shape index (κ2) is 2.36. The predicted octanol–water partition coefficient (Wildman–Crippen LogP) is 1.12. The van der Waals surface area contributed by atoms with Crippen molar-refractivity contribution in [3.05, 3.63) is 30.2 Å². The number of hydrogen-bond acceptors (Lipinski definition) is 3. The Morgan fingerprint density at radius 3 is 3.27 bits per heavy atom. The van der Waals surface area contributed by atoms with Crippen LogP contribution in [0.25, 0.3) is 11.1 Å². The zero-order chi connectivity index (χ0) is 7.68. The fourth-order valence-corrected chi connectivity index (χ4v) is 0.933. The van der Waals surface area contributed by atoms with Crippen LogP contribution in [0, 0.1) is 6.07 Å². The van der Waals surface area contributed by atoms with Gasteiger partial charge in [0, 0.05) is 0 Å². The lowest BCUT2D eigenvalue weighted by molar-refractivity contribution is 0.244. The first-order chi connectivity index (χ1) is 5.40. The topological polar surface area (TPSA) is 46.3 Å². The Balaban J connectivity index is 2.69. The average Bonchev–Trinajstić information content (AvgIpc) is 2.46. The standard InChI is InChI=1S/C8H6NO2/c10-5-8-9-6-3-1-2-4-7(6)11-8/h2-4,10H,5H2. The second-order valence-corrected chi connectivity index (χ2v) is 2.16. The van der Waals surface area contributed by atoms with Crippen LogP contribution in [0.1, 0.15) is 5.89 Å². The van der Waals surface area contributed by atoms with E-state index in [0.29, 0.717) is 11.5 Å². The summed E-state index contributed by atoms with van der Waals surface area (Å²) in [5.74, 6) is 0.347. The van der Waals surface area contributed by atoms with Gasteiger partial charge in [0.1, 0.15) is 12.1 Å². The van der Waals surface area contributed by atoms with Crippen LogP contribution in [-0.4, -0.2) is 10.1 Å². The molecule has 1 N–H and O–H groups in total. The Morgan fingerprint density at radius 2 is 2.55 bits per heavy atom. The van der Waals surface area contributed by atoms with Gasteiger partial charge in [0.05, 0.1) is 0 Å². The van der Waals surface area contributed by atoms with Gasteiger partial charge in [-0.2, -0.15) is 0 Å². The normalized spacial score (nSPS) is 10.6. The Hall–Kier alpha value is -1.35. The molecular weight excluding hydrogens is 142 g/mol. The summed E-state index contributed by atoms with van der Waals surface area (Å²) in [5, 5.41) is 8.67. The third-order valence-corrected chi connectivity index (χ3v) is 1.41. The molecule has 0 spiro atoms. The summed E-state index contributed by atoms with van der Waals surface area (Å²) < 4.78 is 5.14. The summed E-state index contributed by atoms with van der Waals surface area (Å²) in [6.45, 7) is -0.158. The lowest BCUT2D eigenvalue weighted by Gasteiger charge is -1.80. The number of rotatable bonds is 1. The number of aliphatic hydroxyl groups is 1. The molecule has 1 aromatic carbocycles. The molecule has 3 nitrogen and oxygen atoms in total. The van der Waals surface area contributed by atoms with Crippen LogP contribution in [0.2, 0.25) is 0 Å². The summed E-state index contributed by atoms with van der Waals surface area (Å²) in [7, 11) is 0. The Labute approximate surface area is 63.3 Å². The SMILES string of the molecule is OCc1nc2c[c]ccc2o1. The van der Waals surface area contributed by atoms with E-state index in [9.17, 15) is 0 Å². The molecule has 0 saturated heterocycles. The zero-order valence-corrected chi connectivity index (χ0v) is 5.74. The van der Waals surface area contributed by atoms with Crippen molar-refractivity contribution in [1.29, 1.82) is 0 Å². The van der Waals surface area contributed by atoms with Gasteiger partial charge >= 0.3 is 0 Å². The zero-order valence-electron chi connectivity index (χ0n) is 5.74. The van der Waals surface area contributed by atoms with Crippen molar-refractivity contribution >= 4 is 11.1 Å². The van der Waals surface area contributed by atoms with Gasteiger partial charge in [-0.3, -0.25) is 0 Å². The highest BCUT2D eigenvalue weighted by atomic mass is 16.4. The molecule has 0 fully saturated rings. The van der Waals surface area contributed by atoms with Gasteiger partial charge in [0.15, 0.2) is 5.58 Å². The van der Waals surface area contributed by atoms with E-state index < -0.39 is 0 Å². The van der Waals surface area contributed by atoms with Crippen LogP contribution >= 0.6 is 0 Å². The number of aromatic nitrogens is 1. The highest BCUT2D eigenvalue weighted by Crippen LogP contribution is 2.13. The maximum atomic E-state index is 8.67. The van der Waals surface area contributed by atoms with E-state index in [0.717, 1.165) is 5.52 Å². The van der Waals surface area contributed by atoms with Crippen LogP contribution in [0.5, 0.6) is 0 Å². The van der Waals surface area contributed by atoms with Crippen molar-refractivity contribution in [1.82, 2.24) is 4.98 Å². The smallest absolute Gasteiger partial charge is 0.221 e. The van der Waals surface area contributed by atoms with Crippen molar-refractivity contribution < 1.29 is 9.52 Å². The quantitative estimate of drug-likeness (QED) is 0.659. The lowest BCUT2D eigenvalue weighted by atomic mass is 10.3. The number of aliphatic hydroxyl groups excluding tert-OH is 1. The van der Waals surface area contributed by atoms with Gasteiger partial charge in [-0.1, -0.05) is 6.07 Å². The first-order valence-corrected chi connectivity index (χ1v) is 3.26. The van der Waals surface area contributed by atoms with Gasteiger partial charge in [-0.15, -0.1) is 0 Å². The van der Waals surface area contributed by atoms with Crippen molar-refractivity contribution in [2.75, 3.05) is 0 Å². The number of nitrogens with zero attached hydrogens (tertiary/aromatic N) is 1. The summed E-state index contributed by atoms with van der Waals surface area (Å²) in [4.78, 5) is 3.98. The van der Waals surface area contributed by atoms with E-state index >= 15 is 0 Å². The summed E-state index contributed by atoms with van der Waals surface area (Å²) in [5.41, 5.74) is 1.42. The van der Waals surface area contributed by atoms with E-state index in [-0.39, 0.29) is 6.61 Å². The molecule has 55 valence electrons. The molecule has 1 heterocycles. The molecule has 3 heteroatoms. The van der Waals surface area contributed by atoms with Crippen LogP contribution in [-0.2, 0) is 6.61 Å². The minimum absolute atomic E-state index is 0.158. The molecule has 0 bridgehead atoms. The summed E-state index contributed by atoms with van der Waals surface area (Å²) >= 11 is 0. The molecule has 0 aliphatic heterocycles. The van der Waals surface area contributed by atoms with Crippen LogP contribution in [0.15, 0.2) is 22.6 Å². The largest absolute Gasteiger partial charge is 0.438 e. The van der Waals surface area contributed by atoms with Gasteiger partial charge < -0.3 is 9.52 Å². The molecule has 0 aliphatic rings. The van der Waals surface area contributed by atoms with Crippen LogP contribution < -0.4 is 0 Å². The summed E-state index contributed by atoms with van der Waals surface area (Å²) in [6, 6.07) is 8.10. The molecule has 11 heavy (non-hydrogen) atoms. The van der Waals surface area contributed by atoms with Gasteiger partial charge in [-0.25, -0.2) is 4.98 Å². The third kappa shape index (κ3) is 0.991. The Kier molecular flexibility index (Phi) is 1.36. The molecule has 0 atom stereocenters. The average molecular weight is 148 g/mol. The van der Waals surface area contributed by atoms with E-state index in [2.05, 4.69) is 11.1 Å². The molecule has 0 aliphatic carbocycles. The maximum absolute atomic E-state index is 8.67. The fourth-order valence-electron chi connectivity index (χ4n) is 0.933. The lowest BCUT2D eigenvalue weighted by Crippen LogP contribution is -1.78. The molecule has 2 aromatic rings. The van der Waals surface area contributed by atoms with Gasteiger partial charge in [-0.05, 0) is 18.2 Å². The summed E-state index contributed by atoms with van der Waals surface area (Å²) in [6.07, 6.45) is 0. The number of hydrogen-bond donors (Lipinski definition) is 1. The molecule has 0 amide bonds. The first-order valence-electron chi connectivity index (χ1n) is 3.26. The van der Waals surface area contributed by atoms with E-state index in [1.807, 2.05) is 0 Å². The number of oxazole rings is 1. The minimum Gasteiger partial charge on any atom is -0.438 e. The van der Waals surface area contributed by atoms with Crippen molar-refractivity contribution in [3.63, 3.8) is 0 Å². The molecule has 0 saturated carbocycles. The predicted molar refractivity (Wildman–Crippen MR) is 38.8 cm³/mol. The highest BCUT2D eigenvalue weighted by Gasteiger charge is 2.01. The Morgan fingerprint density at radius 1 is 1.64 bits per heavy atom. The van der Waals surface area contributed by atoms with E-state index in [4.69, 9.17) is 9.52 Å². The van der Waals surface area contributed by atoms with Gasteiger partial charge in [0.25, 0.3) is 0 Å². The third-order valence-electron chi connectivity index (χ3n) is 1.41. The maximum Gasteiger partial charge on any atom is 0.221 e. The molecule has 1 aromatic heterocycles. The van der Waals surface area contributed by atoms with Crippen molar-refractivity contribution in [3.8, 4) is 0 Å². The van der Waals surface area contributed by atoms with Gasteiger partial charge in [0.2, 0.25) is 5.89 Å². The molecule has 0 unspecified atom stereocenters. The first kappa shape index (κ1) is 6.37. The van der Waals surface area contributed by atoms with Crippen molar-refractivity contribution in [2.24, 2.45) is 0 Å². The van der Waals surface area contributed by atoms with Crippen LogP contribution in [0.4, 0.5) is 0 Å².